The molecule has 2 heteroatoms. The maximum atomic E-state index is 11.2. The molecular formula is C24H23NO. The number of phenols is 1. The zero-order chi connectivity index (χ0) is 17.7. The second-order valence-electron chi connectivity index (χ2n) is 7.50. The number of fused-ring (bicyclic) bond motifs is 4. The van der Waals surface area contributed by atoms with Gasteiger partial charge in [0.1, 0.15) is 5.75 Å². The number of rotatable bonds is 2. The van der Waals surface area contributed by atoms with Gasteiger partial charge in [-0.25, -0.2) is 0 Å². The number of hydrogen-bond acceptors (Lipinski definition) is 1. The van der Waals surface area contributed by atoms with Gasteiger partial charge in [-0.15, -0.1) is 0 Å². The normalized spacial score (nSPS) is 14.0. The third kappa shape index (κ3) is 2.25. The summed E-state index contributed by atoms with van der Waals surface area (Å²) >= 11 is 0. The molecule has 4 aromatic rings. The Morgan fingerprint density at radius 3 is 2.54 bits per heavy atom. The van der Waals surface area contributed by atoms with Crippen LogP contribution in [0, 0.1) is 6.92 Å². The van der Waals surface area contributed by atoms with Crippen LogP contribution in [-0.4, -0.2) is 9.67 Å². The van der Waals surface area contributed by atoms with E-state index in [9.17, 15) is 5.11 Å². The van der Waals surface area contributed by atoms with Crippen LogP contribution in [-0.2, 0) is 19.4 Å². The Morgan fingerprint density at radius 2 is 1.69 bits per heavy atom. The molecule has 1 aliphatic rings. The Balaban J connectivity index is 1.87. The molecule has 1 heterocycles. The number of hydrogen-bond donors (Lipinski definition) is 1. The van der Waals surface area contributed by atoms with Crippen LogP contribution in [0.3, 0.4) is 0 Å². The smallest absolute Gasteiger partial charge is 0.129 e. The van der Waals surface area contributed by atoms with Crippen LogP contribution in [0.2, 0.25) is 0 Å². The fraction of sp³-hybridized carbons (Fsp3) is 0.250. The van der Waals surface area contributed by atoms with Gasteiger partial charge in [-0.3, -0.25) is 0 Å². The lowest BCUT2D eigenvalue weighted by Crippen LogP contribution is -2.04. The molecule has 5 rings (SSSR count). The first kappa shape index (κ1) is 15.5. The summed E-state index contributed by atoms with van der Waals surface area (Å²) in [5.74, 6) is 0.517. The summed E-state index contributed by atoms with van der Waals surface area (Å²) in [6, 6.07) is 19.4. The Morgan fingerprint density at radius 1 is 0.885 bits per heavy atom. The van der Waals surface area contributed by atoms with Gasteiger partial charge in [-0.2, -0.15) is 0 Å². The molecule has 0 unspecified atom stereocenters. The highest BCUT2D eigenvalue weighted by molar-refractivity contribution is 6.13. The van der Waals surface area contributed by atoms with E-state index in [1.165, 1.54) is 46.0 Å². The van der Waals surface area contributed by atoms with Gasteiger partial charge in [0.25, 0.3) is 0 Å². The second-order valence-corrected chi connectivity index (χ2v) is 7.50. The first-order chi connectivity index (χ1) is 12.7. The molecule has 0 amide bonds. The zero-order valence-electron chi connectivity index (χ0n) is 15.1. The number of aryl methyl sites for hydroxylation is 2. The summed E-state index contributed by atoms with van der Waals surface area (Å²) in [5.41, 5.74) is 7.38. The van der Waals surface area contributed by atoms with E-state index in [-0.39, 0.29) is 0 Å². The van der Waals surface area contributed by atoms with E-state index in [0.717, 1.165) is 30.3 Å². The predicted octanol–water partition coefficient (Wildman–Crippen LogP) is 5.74. The summed E-state index contributed by atoms with van der Waals surface area (Å²) in [5, 5.41) is 13.4. The van der Waals surface area contributed by atoms with Crippen LogP contribution >= 0.6 is 0 Å². The molecule has 0 radical (unpaired) electrons. The molecule has 26 heavy (non-hydrogen) atoms. The topological polar surface area (TPSA) is 25.2 Å². The lowest BCUT2D eigenvalue weighted by atomic mass is 9.89. The number of phenolic OH excluding ortho intramolecular Hbond substituents is 1. The Labute approximate surface area is 153 Å². The van der Waals surface area contributed by atoms with E-state index in [4.69, 9.17) is 0 Å². The van der Waals surface area contributed by atoms with Gasteiger partial charge in [0.15, 0.2) is 0 Å². The van der Waals surface area contributed by atoms with Crippen LogP contribution in [0.25, 0.3) is 21.8 Å². The first-order valence-electron chi connectivity index (χ1n) is 9.53. The molecule has 0 atom stereocenters. The third-order valence-corrected chi connectivity index (χ3v) is 5.87. The molecule has 0 fully saturated rings. The van der Waals surface area contributed by atoms with Crippen molar-refractivity contribution in [1.82, 2.24) is 4.57 Å². The molecule has 0 saturated heterocycles. The Kier molecular flexibility index (Phi) is 3.53. The number of aromatic hydroxyl groups is 1. The van der Waals surface area contributed by atoms with Gasteiger partial charge >= 0.3 is 0 Å². The van der Waals surface area contributed by atoms with Crippen LogP contribution in [0.1, 0.15) is 35.1 Å². The Bertz CT molecular complexity index is 1120. The van der Waals surface area contributed by atoms with Gasteiger partial charge in [-0.05, 0) is 67.0 Å². The van der Waals surface area contributed by atoms with Crippen molar-refractivity contribution >= 4 is 21.8 Å². The van der Waals surface area contributed by atoms with Crippen molar-refractivity contribution in [2.24, 2.45) is 0 Å². The predicted molar refractivity (Wildman–Crippen MR) is 108 cm³/mol. The van der Waals surface area contributed by atoms with E-state index in [2.05, 4.69) is 66.1 Å². The molecule has 1 N–H and O–H groups in total. The van der Waals surface area contributed by atoms with Crippen LogP contribution in [0.4, 0.5) is 0 Å². The van der Waals surface area contributed by atoms with E-state index < -0.39 is 0 Å². The van der Waals surface area contributed by atoms with E-state index in [1.54, 1.807) is 0 Å². The first-order valence-corrected chi connectivity index (χ1v) is 9.53. The molecule has 0 spiro atoms. The average molecular weight is 341 g/mol. The number of aromatic nitrogens is 1. The second kappa shape index (κ2) is 5.91. The lowest BCUT2D eigenvalue weighted by Gasteiger charge is -2.18. The summed E-state index contributed by atoms with van der Waals surface area (Å²) < 4.78 is 2.38. The van der Waals surface area contributed by atoms with E-state index in [1.807, 2.05) is 0 Å². The molecule has 3 aromatic carbocycles. The van der Waals surface area contributed by atoms with Gasteiger partial charge < -0.3 is 9.67 Å². The minimum Gasteiger partial charge on any atom is -0.507 e. The SMILES string of the molecule is Cc1cccc2c1c1c(O)c3c(cc1n2Cc1ccccc1)CCCC3. The molecule has 2 nitrogen and oxygen atoms in total. The van der Waals surface area contributed by atoms with Crippen molar-refractivity contribution in [3.63, 3.8) is 0 Å². The summed E-state index contributed by atoms with van der Waals surface area (Å²) in [4.78, 5) is 0. The van der Waals surface area contributed by atoms with Crippen molar-refractivity contribution in [2.45, 2.75) is 39.2 Å². The van der Waals surface area contributed by atoms with Gasteiger partial charge in [0, 0.05) is 22.8 Å². The van der Waals surface area contributed by atoms with Crippen LogP contribution in [0.5, 0.6) is 5.75 Å². The minimum atomic E-state index is 0.517. The van der Waals surface area contributed by atoms with Crippen molar-refractivity contribution in [3.05, 3.63) is 76.9 Å². The molecule has 0 bridgehead atoms. The van der Waals surface area contributed by atoms with Gasteiger partial charge in [0.2, 0.25) is 0 Å². The average Bonchev–Trinajstić information content (AvgIpc) is 2.98. The van der Waals surface area contributed by atoms with Crippen molar-refractivity contribution in [2.75, 3.05) is 0 Å². The highest BCUT2D eigenvalue weighted by Crippen LogP contribution is 2.42. The maximum Gasteiger partial charge on any atom is 0.129 e. The summed E-state index contributed by atoms with van der Waals surface area (Å²) in [7, 11) is 0. The highest BCUT2D eigenvalue weighted by atomic mass is 16.3. The molecular weight excluding hydrogens is 318 g/mol. The zero-order valence-corrected chi connectivity index (χ0v) is 15.1. The van der Waals surface area contributed by atoms with Crippen molar-refractivity contribution in [1.29, 1.82) is 0 Å². The fourth-order valence-electron chi connectivity index (χ4n) is 4.60. The third-order valence-electron chi connectivity index (χ3n) is 5.87. The summed E-state index contributed by atoms with van der Waals surface area (Å²) in [6.45, 7) is 2.97. The number of nitrogens with zero attached hydrogens (tertiary/aromatic N) is 1. The maximum absolute atomic E-state index is 11.2. The number of benzene rings is 3. The minimum absolute atomic E-state index is 0.517. The molecule has 0 saturated carbocycles. The largest absolute Gasteiger partial charge is 0.507 e. The Hall–Kier alpha value is -2.74. The standard InChI is InChI=1S/C24H23NO/c1-16-8-7-13-20-22(16)23-21(25(20)15-17-9-3-2-4-10-17)14-18-11-5-6-12-19(18)24(23)26/h2-4,7-10,13-14,26H,5-6,11-12,15H2,1H3. The van der Waals surface area contributed by atoms with E-state index >= 15 is 0 Å². The highest BCUT2D eigenvalue weighted by Gasteiger charge is 2.22. The van der Waals surface area contributed by atoms with E-state index in [0.29, 0.717) is 5.75 Å². The van der Waals surface area contributed by atoms with Gasteiger partial charge in [0.05, 0.1) is 5.52 Å². The molecule has 1 aromatic heterocycles. The van der Waals surface area contributed by atoms with Crippen LogP contribution in [0.15, 0.2) is 54.6 Å². The summed E-state index contributed by atoms with van der Waals surface area (Å²) in [6.07, 6.45) is 4.46. The monoisotopic (exact) mass is 341 g/mol. The molecule has 0 aliphatic heterocycles. The fourth-order valence-corrected chi connectivity index (χ4v) is 4.60. The lowest BCUT2D eigenvalue weighted by molar-refractivity contribution is 0.469. The van der Waals surface area contributed by atoms with Crippen LogP contribution < -0.4 is 0 Å². The quantitative estimate of drug-likeness (QED) is 0.494. The molecule has 1 aliphatic carbocycles. The molecule has 130 valence electrons. The van der Waals surface area contributed by atoms with Crippen molar-refractivity contribution in [3.8, 4) is 5.75 Å². The van der Waals surface area contributed by atoms with Gasteiger partial charge in [-0.1, -0.05) is 42.5 Å². The van der Waals surface area contributed by atoms with Crippen molar-refractivity contribution < 1.29 is 5.11 Å².